The van der Waals surface area contributed by atoms with Crippen LogP contribution in [0.3, 0.4) is 0 Å². The van der Waals surface area contributed by atoms with Crippen LogP contribution in [0.15, 0.2) is 18.2 Å². The van der Waals surface area contributed by atoms with Gasteiger partial charge in [-0.1, -0.05) is 0 Å². The van der Waals surface area contributed by atoms with Crippen LogP contribution in [0.5, 0.6) is 0 Å². The minimum Gasteiger partial charge on any atom is -0.383 e. The van der Waals surface area contributed by atoms with Crippen LogP contribution in [0.25, 0.3) is 0 Å². The van der Waals surface area contributed by atoms with Gasteiger partial charge >= 0.3 is 0 Å². The van der Waals surface area contributed by atoms with Crippen molar-refractivity contribution in [3.8, 4) is 0 Å². The van der Waals surface area contributed by atoms with E-state index in [1.165, 1.54) is 12.1 Å². The standard InChI is InChI=1S/C12H17ClFNO/c1-9(8-16-3)15(2)12-5-10(7-13)4-11(14)6-12/h4-6,9H,7-8H2,1-3H3. The Bertz CT molecular complexity index is 346. The molecule has 1 rings (SSSR count). The molecule has 90 valence electrons. The van der Waals surface area contributed by atoms with E-state index in [1.807, 2.05) is 24.9 Å². The third-order valence-electron chi connectivity index (χ3n) is 2.57. The fourth-order valence-corrected chi connectivity index (χ4v) is 1.68. The fraction of sp³-hybridized carbons (Fsp3) is 0.500. The van der Waals surface area contributed by atoms with Crippen molar-refractivity contribution in [1.82, 2.24) is 0 Å². The molecule has 2 nitrogen and oxygen atoms in total. The molecule has 0 saturated carbocycles. The van der Waals surface area contributed by atoms with E-state index in [0.29, 0.717) is 12.5 Å². The molecule has 1 aromatic rings. The van der Waals surface area contributed by atoms with E-state index in [-0.39, 0.29) is 11.9 Å². The first-order valence-corrected chi connectivity index (χ1v) is 5.69. The van der Waals surface area contributed by atoms with Gasteiger partial charge in [-0.15, -0.1) is 11.6 Å². The zero-order valence-electron chi connectivity index (χ0n) is 9.84. The highest BCUT2D eigenvalue weighted by Gasteiger charge is 2.11. The lowest BCUT2D eigenvalue weighted by Gasteiger charge is -2.26. The molecule has 0 aromatic heterocycles. The molecule has 0 amide bonds. The van der Waals surface area contributed by atoms with Crippen LogP contribution in [0.2, 0.25) is 0 Å². The van der Waals surface area contributed by atoms with Gasteiger partial charge in [0.05, 0.1) is 6.61 Å². The van der Waals surface area contributed by atoms with Crippen LogP contribution in [-0.2, 0) is 10.6 Å². The second-order valence-electron chi connectivity index (χ2n) is 3.87. The molecule has 0 heterocycles. The molecule has 0 saturated heterocycles. The van der Waals surface area contributed by atoms with Crippen LogP contribution < -0.4 is 4.90 Å². The molecule has 1 unspecified atom stereocenters. The molecule has 1 aromatic carbocycles. The summed E-state index contributed by atoms with van der Waals surface area (Å²) in [7, 11) is 3.57. The first kappa shape index (κ1) is 13.3. The van der Waals surface area contributed by atoms with Gasteiger partial charge in [-0.05, 0) is 30.7 Å². The van der Waals surface area contributed by atoms with Crippen molar-refractivity contribution in [3.63, 3.8) is 0 Å². The van der Waals surface area contributed by atoms with E-state index in [9.17, 15) is 4.39 Å². The predicted octanol–water partition coefficient (Wildman–Crippen LogP) is 3.04. The highest BCUT2D eigenvalue weighted by Crippen LogP contribution is 2.20. The van der Waals surface area contributed by atoms with Gasteiger partial charge in [0, 0.05) is 31.8 Å². The molecule has 0 N–H and O–H groups in total. The second-order valence-corrected chi connectivity index (χ2v) is 4.13. The molecule has 0 aliphatic rings. The Morgan fingerprint density at radius 3 is 2.69 bits per heavy atom. The highest BCUT2D eigenvalue weighted by atomic mass is 35.5. The zero-order valence-corrected chi connectivity index (χ0v) is 10.6. The molecule has 1 atom stereocenters. The number of hydrogen-bond acceptors (Lipinski definition) is 2. The minimum absolute atomic E-state index is 0.190. The number of halogens is 2. The molecule has 0 aliphatic heterocycles. The SMILES string of the molecule is COCC(C)N(C)c1cc(F)cc(CCl)c1. The van der Waals surface area contributed by atoms with E-state index >= 15 is 0 Å². The number of hydrogen-bond donors (Lipinski definition) is 0. The van der Waals surface area contributed by atoms with Gasteiger partial charge in [0.2, 0.25) is 0 Å². The summed E-state index contributed by atoms with van der Waals surface area (Å²) in [6.07, 6.45) is 0. The van der Waals surface area contributed by atoms with E-state index in [4.69, 9.17) is 16.3 Å². The van der Waals surface area contributed by atoms with Gasteiger partial charge in [0.15, 0.2) is 0 Å². The Labute approximate surface area is 101 Å². The topological polar surface area (TPSA) is 12.5 Å². The van der Waals surface area contributed by atoms with Crippen LogP contribution in [-0.4, -0.2) is 26.8 Å². The molecule has 0 spiro atoms. The lowest BCUT2D eigenvalue weighted by molar-refractivity contribution is 0.183. The summed E-state index contributed by atoms with van der Waals surface area (Å²) in [5, 5.41) is 0. The first-order valence-electron chi connectivity index (χ1n) is 5.15. The Balaban J connectivity index is 2.89. The summed E-state index contributed by atoms with van der Waals surface area (Å²) >= 11 is 5.71. The second kappa shape index (κ2) is 6.06. The van der Waals surface area contributed by atoms with Crippen molar-refractivity contribution in [3.05, 3.63) is 29.6 Å². The van der Waals surface area contributed by atoms with Crippen molar-refractivity contribution in [2.75, 3.05) is 25.7 Å². The number of benzene rings is 1. The van der Waals surface area contributed by atoms with E-state index in [1.54, 1.807) is 7.11 Å². The van der Waals surface area contributed by atoms with Gasteiger partial charge in [-0.2, -0.15) is 0 Å². The summed E-state index contributed by atoms with van der Waals surface area (Å²) in [6.45, 7) is 2.62. The number of anilines is 1. The number of methoxy groups -OCH3 is 1. The molecule has 0 radical (unpaired) electrons. The Hall–Kier alpha value is -0.800. The van der Waals surface area contributed by atoms with Crippen molar-refractivity contribution in [2.24, 2.45) is 0 Å². The third kappa shape index (κ3) is 3.35. The summed E-state index contributed by atoms with van der Waals surface area (Å²) in [5.74, 6) is 0.0571. The van der Waals surface area contributed by atoms with Gasteiger partial charge in [-0.3, -0.25) is 0 Å². The maximum atomic E-state index is 13.3. The highest BCUT2D eigenvalue weighted by molar-refractivity contribution is 6.17. The average Bonchev–Trinajstić information content (AvgIpc) is 2.27. The monoisotopic (exact) mass is 245 g/mol. The number of rotatable bonds is 5. The van der Waals surface area contributed by atoms with Gasteiger partial charge in [0.1, 0.15) is 5.82 Å². The number of likely N-dealkylation sites (N-methyl/N-ethyl adjacent to an activating group) is 1. The third-order valence-corrected chi connectivity index (χ3v) is 2.88. The van der Waals surface area contributed by atoms with E-state index in [0.717, 1.165) is 11.3 Å². The number of nitrogens with zero attached hydrogens (tertiary/aromatic N) is 1. The van der Waals surface area contributed by atoms with Crippen molar-refractivity contribution < 1.29 is 9.13 Å². The van der Waals surface area contributed by atoms with E-state index in [2.05, 4.69) is 0 Å². The van der Waals surface area contributed by atoms with E-state index < -0.39 is 0 Å². The van der Waals surface area contributed by atoms with Crippen LogP contribution in [0.1, 0.15) is 12.5 Å². The number of ether oxygens (including phenoxy) is 1. The lowest BCUT2D eigenvalue weighted by Crippen LogP contribution is -2.32. The Morgan fingerprint density at radius 2 is 2.12 bits per heavy atom. The average molecular weight is 246 g/mol. The van der Waals surface area contributed by atoms with Crippen molar-refractivity contribution >= 4 is 17.3 Å². The maximum Gasteiger partial charge on any atom is 0.125 e. The summed E-state index contributed by atoms with van der Waals surface area (Å²) in [6, 6.07) is 5.03. The molecule has 0 aliphatic carbocycles. The van der Waals surface area contributed by atoms with Crippen molar-refractivity contribution in [1.29, 1.82) is 0 Å². The largest absolute Gasteiger partial charge is 0.383 e. The Morgan fingerprint density at radius 1 is 1.44 bits per heavy atom. The summed E-state index contributed by atoms with van der Waals surface area (Å²) < 4.78 is 18.4. The lowest BCUT2D eigenvalue weighted by atomic mass is 10.2. The first-order chi connectivity index (χ1) is 7.58. The molecule has 0 fully saturated rings. The fourth-order valence-electron chi connectivity index (χ4n) is 1.52. The quantitative estimate of drug-likeness (QED) is 0.740. The smallest absolute Gasteiger partial charge is 0.125 e. The summed E-state index contributed by atoms with van der Waals surface area (Å²) in [4.78, 5) is 1.97. The molecule has 0 bridgehead atoms. The molecular formula is C12H17ClFNO. The van der Waals surface area contributed by atoms with Crippen LogP contribution in [0.4, 0.5) is 10.1 Å². The predicted molar refractivity (Wildman–Crippen MR) is 65.7 cm³/mol. The molecule has 4 heteroatoms. The summed E-state index contributed by atoms with van der Waals surface area (Å²) in [5.41, 5.74) is 1.60. The Kier molecular flexibility index (Phi) is 5.03. The van der Waals surface area contributed by atoms with Gasteiger partial charge in [-0.25, -0.2) is 4.39 Å². The number of alkyl halides is 1. The minimum atomic E-state index is -0.260. The normalized spacial score (nSPS) is 12.6. The van der Waals surface area contributed by atoms with Crippen LogP contribution in [0, 0.1) is 5.82 Å². The van der Waals surface area contributed by atoms with Gasteiger partial charge < -0.3 is 9.64 Å². The maximum absolute atomic E-state index is 13.3. The van der Waals surface area contributed by atoms with Crippen molar-refractivity contribution in [2.45, 2.75) is 18.8 Å². The van der Waals surface area contributed by atoms with Crippen LogP contribution >= 0.6 is 11.6 Å². The zero-order chi connectivity index (χ0) is 12.1. The molecular weight excluding hydrogens is 229 g/mol. The molecule has 16 heavy (non-hydrogen) atoms. The van der Waals surface area contributed by atoms with Gasteiger partial charge in [0.25, 0.3) is 0 Å².